The maximum atomic E-state index is 5.83. The number of rotatable bonds is 0. The number of aryl methyl sites for hydroxylation is 1. The highest BCUT2D eigenvalue weighted by Crippen LogP contribution is 2.34. The first-order valence-electron chi connectivity index (χ1n) is 6.05. The highest BCUT2D eigenvalue weighted by atomic mass is 16.5. The molecule has 1 N–H and O–H groups in total. The normalized spacial score (nSPS) is 24.1. The fourth-order valence-electron chi connectivity index (χ4n) is 2.61. The zero-order valence-electron chi connectivity index (χ0n) is 9.70. The molecule has 3 heteroatoms. The summed E-state index contributed by atoms with van der Waals surface area (Å²) in [7, 11) is 0. The van der Waals surface area contributed by atoms with Crippen molar-refractivity contribution < 1.29 is 4.74 Å². The maximum Gasteiger partial charge on any atom is 0.142 e. The first kappa shape index (κ1) is 9.97. The summed E-state index contributed by atoms with van der Waals surface area (Å²) in [6.07, 6.45) is 1.11. The first-order valence-corrected chi connectivity index (χ1v) is 6.05. The highest BCUT2D eigenvalue weighted by molar-refractivity contribution is 5.61. The lowest BCUT2D eigenvalue weighted by Gasteiger charge is -2.36. The summed E-state index contributed by atoms with van der Waals surface area (Å²) in [5, 5.41) is 3.46. The lowest BCUT2D eigenvalue weighted by atomic mass is 10.1. The van der Waals surface area contributed by atoms with Gasteiger partial charge in [-0.2, -0.15) is 0 Å². The number of hydrogen-bond acceptors (Lipinski definition) is 3. The van der Waals surface area contributed by atoms with Gasteiger partial charge in [-0.25, -0.2) is 0 Å². The van der Waals surface area contributed by atoms with Crippen molar-refractivity contribution >= 4 is 5.69 Å². The van der Waals surface area contributed by atoms with Crippen LogP contribution in [0.1, 0.15) is 12.0 Å². The number of hydrogen-bond donors (Lipinski definition) is 1. The Morgan fingerprint density at radius 2 is 2.38 bits per heavy atom. The summed E-state index contributed by atoms with van der Waals surface area (Å²) in [6, 6.07) is 7.08. The van der Waals surface area contributed by atoms with Gasteiger partial charge in [0.05, 0.1) is 12.3 Å². The molecule has 1 fully saturated rings. The largest absolute Gasteiger partial charge is 0.491 e. The van der Waals surface area contributed by atoms with Gasteiger partial charge in [-0.3, -0.25) is 0 Å². The molecule has 0 aromatic heterocycles. The minimum absolute atomic E-state index is 0.594. The number of anilines is 1. The average Bonchev–Trinajstić information content (AvgIpc) is 2.48. The van der Waals surface area contributed by atoms with Crippen LogP contribution in [0.5, 0.6) is 5.75 Å². The number of nitrogens with one attached hydrogen (secondary N) is 1. The lowest BCUT2D eigenvalue weighted by Crippen LogP contribution is -2.51. The highest BCUT2D eigenvalue weighted by Gasteiger charge is 2.27. The molecule has 2 aliphatic rings. The van der Waals surface area contributed by atoms with Gasteiger partial charge in [-0.1, -0.05) is 6.07 Å². The van der Waals surface area contributed by atoms with Crippen molar-refractivity contribution in [3.05, 3.63) is 23.8 Å². The van der Waals surface area contributed by atoms with Gasteiger partial charge in [0.2, 0.25) is 0 Å². The van der Waals surface area contributed by atoms with Crippen molar-refractivity contribution in [3.63, 3.8) is 0 Å². The zero-order valence-corrected chi connectivity index (χ0v) is 9.70. The Hall–Kier alpha value is -1.22. The van der Waals surface area contributed by atoms with Gasteiger partial charge in [-0.05, 0) is 24.6 Å². The molecule has 0 aliphatic carbocycles. The van der Waals surface area contributed by atoms with Crippen LogP contribution in [0.4, 0.5) is 5.69 Å². The lowest BCUT2D eigenvalue weighted by molar-refractivity contribution is 0.304. The molecular formula is C13H18N2O. The van der Waals surface area contributed by atoms with Crippen molar-refractivity contribution in [3.8, 4) is 5.75 Å². The average molecular weight is 218 g/mol. The second-order valence-corrected chi connectivity index (χ2v) is 4.66. The summed E-state index contributed by atoms with van der Waals surface area (Å²) in [6.45, 7) is 6.21. The van der Waals surface area contributed by atoms with Crippen molar-refractivity contribution in [1.82, 2.24) is 5.32 Å². The summed E-state index contributed by atoms with van der Waals surface area (Å²) >= 11 is 0. The molecule has 1 atom stereocenters. The Bertz CT molecular complexity index is 392. The molecule has 1 saturated heterocycles. The van der Waals surface area contributed by atoms with E-state index < -0.39 is 0 Å². The molecule has 0 bridgehead atoms. The number of piperazine rings is 1. The van der Waals surface area contributed by atoms with Crippen molar-refractivity contribution in [1.29, 1.82) is 0 Å². The molecule has 0 saturated carbocycles. The van der Waals surface area contributed by atoms with E-state index in [4.69, 9.17) is 4.74 Å². The van der Waals surface area contributed by atoms with Gasteiger partial charge in [0.25, 0.3) is 0 Å². The third-order valence-electron chi connectivity index (χ3n) is 3.48. The van der Waals surface area contributed by atoms with Gasteiger partial charge in [0.1, 0.15) is 5.75 Å². The minimum Gasteiger partial charge on any atom is -0.491 e. The molecule has 1 unspecified atom stereocenters. The van der Waals surface area contributed by atoms with Crippen LogP contribution in [-0.2, 0) is 0 Å². The Balaban J connectivity index is 2.02. The van der Waals surface area contributed by atoms with E-state index in [2.05, 4.69) is 35.3 Å². The summed E-state index contributed by atoms with van der Waals surface area (Å²) in [4.78, 5) is 2.51. The molecule has 0 radical (unpaired) electrons. The Morgan fingerprint density at radius 1 is 1.44 bits per heavy atom. The van der Waals surface area contributed by atoms with Gasteiger partial charge in [0.15, 0.2) is 0 Å². The SMILES string of the molecule is Cc1ccc2c(c1)N1CCNCC1CCO2. The van der Waals surface area contributed by atoms with Crippen LogP contribution in [0.15, 0.2) is 18.2 Å². The molecule has 1 aromatic rings. The van der Waals surface area contributed by atoms with Crippen LogP contribution in [0.2, 0.25) is 0 Å². The molecule has 3 rings (SSSR count). The smallest absolute Gasteiger partial charge is 0.142 e. The monoisotopic (exact) mass is 218 g/mol. The quantitative estimate of drug-likeness (QED) is 0.715. The first-order chi connectivity index (χ1) is 7.84. The molecule has 0 amide bonds. The number of fused-ring (bicyclic) bond motifs is 3. The number of nitrogens with zero attached hydrogens (tertiary/aromatic N) is 1. The summed E-state index contributed by atoms with van der Waals surface area (Å²) in [5.41, 5.74) is 2.59. The van der Waals surface area contributed by atoms with E-state index in [-0.39, 0.29) is 0 Å². The van der Waals surface area contributed by atoms with Crippen LogP contribution in [-0.4, -0.2) is 32.3 Å². The Morgan fingerprint density at radius 3 is 3.31 bits per heavy atom. The van der Waals surface area contributed by atoms with Gasteiger partial charge >= 0.3 is 0 Å². The van der Waals surface area contributed by atoms with Crippen LogP contribution in [0, 0.1) is 6.92 Å². The summed E-state index contributed by atoms with van der Waals surface area (Å²) < 4.78 is 5.83. The topological polar surface area (TPSA) is 24.5 Å². The van der Waals surface area contributed by atoms with Gasteiger partial charge in [-0.15, -0.1) is 0 Å². The van der Waals surface area contributed by atoms with Crippen molar-refractivity contribution in [2.45, 2.75) is 19.4 Å². The third-order valence-corrected chi connectivity index (χ3v) is 3.48. The third kappa shape index (κ3) is 1.65. The summed E-state index contributed by atoms with van der Waals surface area (Å²) in [5.74, 6) is 1.05. The van der Waals surface area contributed by atoms with E-state index >= 15 is 0 Å². The predicted molar refractivity (Wildman–Crippen MR) is 65.3 cm³/mol. The van der Waals surface area contributed by atoms with Gasteiger partial charge in [0, 0.05) is 32.1 Å². The number of ether oxygens (including phenoxy) is 1. The van der Waals surface area contributed by atoms with Crippen molar-refractivity contribution in [2.75, 3.05) is 31.1 Å². The molecule has 86 valence electrons. The minimum atomic E-state index is 0.594. The van der Waals surface area contributed by atoms with E-state index in [1.54, 1.807) is 0 Å². The standard InChI is InChI=1S/C13H18N2O/c1-10-2-3-13-12(8-10)15-6-5-14-9-11(15)4-7-16-13/h2-3,8,11,14H,4-7,9H2,1H3. The van der Waals surface area contributed by atoms with E-state index in [9.17, 15) is 0 Å². The second-order valence-electron chi connectivity index (χ2n) is 4.66. The fraction of sp³-hybridized carbons (Fsp3) is 0.538. The van der Waals surface area contributed by atoms with Crippen molar-refractivity contribution in [2.24, 2.45) is 0 Å². The molecule has 3 nitrogen and oxygen atoms in total. The zero-order chi connectivity index (χ0) is 11.0. The molecule has 16 heavy (non-hydrogen) atoms. The Labute approximate surface area is 96.4 Å². The second kappa shape index (κ2) is 3.98. The fourth-order valence-corrected chi connectivity index (χ4v) is 2.61. The number of benzene rings is 1. The maximum absolute atomic E-state index is 5.83. The molecule has 0 spiro atoms. The van der Waals surface area contributed by atoms with Gasteiger partial charge < -0.3 is 15.0 Å². The molecule has 2 aliphatic heterocycles. The molecule has 2 heterocycles. The van der Waals surface area contributed by atoms with Crippen LogP contribution in [0.3, 0.4) is 0 Å². The Kier molecular flexibility index (Phi) is 2.48. The predicted octanol–water partition coefficient (Wildman–Crippen LogP) is 1.56. The van der Waals surface area contributed by atoms with Crippen LogP contribution in [0.25, 0.3) is 0 Å². The van der Waals surface area contributed by atoms with Crippen LogP contribution < -0.4 is 15.0 Å². The van der Waals surface area contributed by atoms with E-state index in [0.717, 1.165) is 38.4 Å². The van der Waals surface area contributed by atoms with Crippen LogP contribution >= 0.6 is 0 Å². The van der Waals surface area contributed by atoms with E-state index in [1.807, 2.05) is 0 Å². The van der Waals surface area contributed by atoms with E-state index in [0.29, 0.717) is 6.04 Å². The molecular weight excluding hydrogens is 200 g/mol. The molecule has 1 aromatic carbocycles. The van der Waals surface area contributed by atoms with E-state index in [1.165, 1.54) is 11.3 Å².